The van der Waals surface area contributed by atoms with Gasteiger partial charge in [-0.05, 0) is 63.1 Å². The van der Waals surface area contributed by atoms with Crippen LogP contribution in [-0.2, 0) is 4.79 Å². The molecule has 1 amide bonds. The van der Waals surface area contributed by atoms with Gasteiger partial charge in [-0.3, -0.25) is 9.59 Å². The molecule has 0 saturated carbocycles. The Bertz CT molecular complexity index is 1120. The molecule has 0 atom stereocenters. The molecule has 152 valence electrons. The zero-order valence-electron chi connectivity index (χ0n) is 17.0. The predicted octanol–water partition coefficient (Wildman–Crippen LogP) is 4.98. The summed E-state index contributed by atoms with van der Waals surface area (Å²) in [5.74, 6) is 0.0257. The quantitative estimate of drug-likeness (QED) is 0.572. The molecule has 0 unspecified atom stereocenters. The Balaban J connectivity index is 2.17. The van der Waals surface area contributed by atoms with Gasteiger partial charge in [-0.15, -0.1) is 0 Å². The molecule has 0 aliphatic carbocycles. The first-order valence-corrected chi connectivity index (χ1v) is 9.98. The minimum Gasteiger partial charge on any atom is -0.476 e. The highest BCUT2D eigenvalue weighted by Gasteiger charge is 2.21. The Hall–Kier alpha value is -2.79. The molecule has 1 heterocycles. The van der Waals surface area contributed by atoms with Crippen LogP contribution in [0.2, 0.25) is 5.02 Å². The van der Waals surface area contributed by atoms with Crippen LogP contribution in [0.5, 0.6) is 5.75 Å². The van der Waals surface area contributed by atoms with E-state index in [4.69, 9.17) is 20.8 Å². The van der Waals surface area contributed by atoms with Crippen LogP contribution in [-0.4, -0.2) is 30.5 Å². The van der Waals surface area contributed by atoms with Gasteiger partial charge in [0.25, 0.3) is 5.91 Å². The number of amides is 1. The van der Waals surface area contributed by atoms with E-state index in [-0.39, 0.29) is 29.5 Å². The van der Waals surface area contributed by atoms with E-state index < -0.39 is 0 Å². The molecule has 0 radical (unpaired) electrons. The van der Waals surface area contributed by atoms with E-state index in [0.717, 1.165) is 11.1 Å². The maximum Gasteiger partial charge on any atom is 0.260 e. The molecule has 0 saturated heterocycles. The van der Waals surface area contributed by atoms with Crippen molar-refractivity contribution in [1.29, 1.82) is 0 Å². The number of ether oxygens (including phenoxy) is 1. The number of rotatable bonds is 6. The van der Waals surface area contributed by atoms with E-state index in [1.165, 1.54) is 0 Å². The van der Waals surface area contributed by atoms with Crippen LogP contribution in [0.3, 0.4) is 0 Å². The normalized spacial score (nSPS) is 10.9. The minimum absolute atomic E-state index is 0.00522. The van der Waals surface area contributed by atoms with Crippen molar-refractivity contribution in [2.24, 2.45) is 0 Å². The number of benzene rings is 2. The molecule has 3 rings (SSSR count). The Labute approximate surface area is 174 Å². The summed E-state index contributed by atoms with van der Waals surface area (Å²) in [5.41, 5.74) is 2.65. The molecule has 5 nitrogen and oxygen atoms in total. The lowest BCUT2D eigenvalue weighted by atomic mass is 10.0. The molecule has 0 bridgehead atoms. The molecular formula is C23H24ClNO4. The van der Waals surface area contributed by atoms with Gasteiger partial charge in [-0.25, -0.2) is 0 Å². The number of fused-ring (bicyclic) bond motifs is 1. The second-order valence-electron chi connectivity index (χ2n) is 6.86. The number of likely N-dealkylation sites (N-methyl/N-ethyl adjacent to an activating group) is 1. The molecule has 6 heteroatoms. The minimum atomic E-state index is -0.323. The average Bonchev–Trinajstić information content (AvgIpc) is 2.70. The SMILES string of the molecule is CCN(CC)C(=O)COc1c(-c2ccccc2Cl)oc2cc(C)c(C)cc2c1=O. The van der Waals surface area contributed by atoms with Gasteiger partial charge >= 0.3 is 0 Å². The molecule has 0 aliphatic heterocycles. The summed E-state index contributed by atoms with van der Waals surface area (Å²) in [6.45, 7) is 8.57. The summed E-state index contributed by atoms with van der Waals surface area (Å²) in [5, 5.41) is 0.841. The largest absolute Gasteiger partial charge is 0.476 e. The molecule has 3 aromatic rings. The van der Waals surface area contributed by atoms with Crippen LogP contribution in [0.1, 0.15) is 25.0 Å². The van der Waals surface area contributed by atoms with Crippen LogP contribution in [0.4, 0.5) is 0 Å². The molecular weight excluding hydrogens is 390 g/mol. The highest BCUT2D eigenvalue weighted by molar-refractivity contribution is 6.33. The zero-order valence-corrected chi connectivity index (χ0v) is 17.8. The van der Waals surface area contributed by atoms with Crippen molar-refractivity contribution >= 4 is 28.5 Å². The van der Waals surface area contributed by atoms with Crippen LogP contribution in [0.25, 0.3) is 22.3 Å². The summed E-state index contributed by atoms with van der Waals surface area (Å²) >= 11 is 6.36. The lowest BCUT2D eigenvalue weighted by Crippen LogP contribution is -2.35. The van der Waals surface area contributed by atoms with Crippen molar-refractivity contribution in [2.45, 2.75) is 27.7 Å². The van der Waals surface area contributed by atoms with E-state index >= 15 is 0 Å². The van der Waals surface area contributed by atoms with Gasteiger partial charge in [0.1, 0.15) is 5.58 Å². The number of carbonyl (C=O) groups is 1. The van der Waals surface area contributed by atoms with E-state index in [0.29, 0.717) is 34.6 Å². The highest BCUT2D eigenvalue weighted by Crippen LogP contribution is 2.35. The third kappa shape index (κ3) is 4.15. The number of halogens is 1. The average molecular weight is 414 g/mol. The van der Waals surface area contributed by atoms with Gasteiger partial charge < -0.3 is 14.1 Å². The number of carbonyl (C=O) groups excluding carboxylic acids is 1. The van der Waals surface area contributed by atoms with Gasteiger partial charge in [0.2, 0.25) is 11.2 Å². The Morgan fingerprint density at radius 3 is 2.41 bits per heavy atom. The fraction of sp³-hybridized carbons (Fsp3) is 0.304. The van der Waals surface area contributed by atoms with Crippen molar-refractivity contribution in [3.8, 4) is 17.1 Å². The molecule has 0 aliphatic rings. The molecule has 0 fully saturated rings. The summed E-state index contributed by atoms with van der Waals surface area (Å²) in [7, 11) is 0. The van der Waals surface area contributed by atoms with Crippen LogP contribution >= 0.6 is 11.6 Å². The Kier molecular flexibility index (Phi) is 6.28. The van der Waals surface area contributed by atoms with Gasteiger partial charge in [-0.1, -0.05) is 23.7 Å². The molecule has 2 aromatic carbocycles. The molecule has 0 spiro atoms. The molecule has 1 aromatic heterocycles. The van der Waals surface area contributed by atoms with Gasteiger partial charge in [-0.2, -0.15) is 0 Å². The maximum atomic E-state index is 13.3. The van der Waals surface area contributed by atoms with E-state index in [2.05, 4.69) is 0 Å². The fourth-order valence-electron chi connectivity index (χ4n) is 3.19. The standard InChI is InChI=1S/C23H24ClNO4/c1-5-25(6-2)20(26)13-28-23-21(27)17-11-14(3)15(4)12-19(17)29-22(23)16-9-7-8-10-18(16)24/h7-12H,5-6,13H2,1-4H3. The van der Waals surface area contributed by atoms with Gasteiger partial charge in [0.15, 0.2) is 12.4 Å². The van der Waals surface area contributed by atoms with Gasteiger partial charge in [0, 0.05) is 18.7 Å². The zero-order chi connectivity index (χ0) is 21.1. The van der Waals surface area contributed by atoms with Gasteiger partial charge in [0.05, 0.1) is 10.4 Å². The first-order chi connectivity index (χ1) is 13.9. The highest BCUT2D eigenvalue weighted by atomic mass is 35.5. The van der Waals surface area contributed by atoms with Crippen molar-refractivity contribution in [3.63, 3.8) is 0 Å². The Morgan fingerprint density at radius 2 is 1.76 bits per heavy atom. The van der Waals surface area contributed by atoms with E-state index in [1.54, 1.807) is 35.2 Å². The summed E-state index contributed by atoms with van der Waals surface area (Å²) < 4.78 is 11.8. The molecule has 0 N–H and O–H groups in total. The summed E-state index contributed by atoms with van der Waals surface area (Å²) in [6.07, 6.45) is 0. The van der Waals surface area contributed by atoms with Crippen LogP contribution in [0.15, 0.2) is 45.6 Å². The first-order valence-electron chi connectivity index (χ1n) is 9.60. The topological polar surface area (TPSA) is 59.8 Å². The Morgan fingerprint density at radius 1 is 1.10 bits per heavy atom. The predicted molar refractivity (Wildman–Crippen MR) is 116 cm³/mol. The van der Waals surface area contributed by atoms with E-state index in [1.807, 2.05) is 33.8 Å². The number of hydrogen-bond donors (Lipinski definition) is 0. The lowest BCUT2D eigenvalue weighted by Gasteiger charge is -2.19. The van der Waals surface area contributed by atoms with Crippen molar-refractivity contribution in [1.82, 2.24) is 4.90 Å². The smallest absolute Gasteiger partial charge is 0.260 e. The second kappa shape index (κ2) is 8.70. The number of hydrogen-bond acceptors (Lipinski definition) is 4. The van der Waals surface area contributed by atoms with Crippen LogP contribution < -0.4 is 10.2 Å². The fourth-order valence-corrected chi connectivity index (χ4v) is 3.41. The first kappa shape index (κ1) is 20.9. The third-order valence-electron chi connectivity index (χ3n) is 5.04. The monoisotopic (exact) mass is 413 g/mol. The van der Waals surface area contributed by atoms with Crippen molar-refractivity contribution < 1.29 is 13.9 Å². The lowest BCUT2D eigenvalue weighted by molar-refractivity contribution is -0.132. The summed E-state index contributed by atoms with van der Waals surface area (Å²) in [4.78, 5) is 27.3. The second-order valence-corrected chi connectivity index (χ2v) is 7.26. The third-order valence-corrected chi connectivity index (χ3v) is 5.37. The van der Waals surface area contributed by atoms with Crippen molar-refractivity contribution in [3.05, 3.63) is 62.8 Å². The maximum absolute atomic E-state index is 13.3. The number of aryl methyl sites for hydroxylation is 2. The van der Waals surface area contributed by atoms with Crippen LogP contribution in [0, 0.1) is 13.8 Å². The summed E-state index contributed by atoms with van der Waals surface area (Å²) in [6, 6.07) is 10.7. The van der Waals surface area contributed by atoms with Crippen molar-refractivity contribution in [2.75, 3.05) is 19.7 Å². The van der Waals surface area contributed by atoms with E-state index in [9.17, 15) is 9.59 Å². The number of nitrogens with zero attached hydrogens (tertiary/aromatic N) is 1. The molecule has 29 heavy (non-hydrogen) atoms.